The minimum absolute atomic E-state index is 0.154. The predicted octanol–water partition coefficient (Wildman–Crippen LogP) is 4.42. The number of rotatable bonds is 7. The molecule has 4 aromatic rings. The highest BCUT2D eigenvalue weighted by molar-refractivity contribution is 5.35. The van der Waals surface area contributed by atoms with E-state index in [0.29, 0.717) is 12.1 Å². The van der Waals surface area contributed by atoms with E-state index in [4.69, 9.17) is 0 Å². The Kier molecular flexibility index (Phi) is 5.92. The van der Waals surface area contributed by atoms with Crippen LogP contribution in [0.15, 0.2) is 91.0 Å². The molecule has 4 atom stereocenters. The minimum atomic E-state index is -0.154. The number of piperidine rings is 1. The van der Waals surface area contributed by atoms with E-state index in [2.05, 4.69) is 117 Å². The summed E-state index contributed by atoms with van der Waals surface area (Å²) in [4.78, 5) is 4.35. The summed E-state index contributed by atoms with van der Waals surface area (Å²) < 4.78 is 0. The lowest BCUT2D eigenvalue weighted by Gasteiger charge is -2.51. The average molecular weight is 465 g/mol. The van der Waals surface area contributed by atoms with Gasteiger partial charge in [0, 0.05) is 31.1 Å². The number of hydrogen-bond acceptors (Lipinski definition) is 5. The second kappa shape index (κ2) is 9.36. The summed E-state index contributed by atoms with van der Waals surface area (Å²) in [6.07, 6.45) is 3.21. The Balaban J connectivity index is 1.43. The van der Waals surface area contributed by atoms with Crippen molar-refractivity contribution in [2.75, 3.05) is 0 Å². The van der Waals surface area contributed by atoms with Crippen LogP contribution in [-0.4, -0.2) is 37.2 Å². The Morgan fingerprint density at radius 3 is 2.17 bits per heavy atom. The molecular weight excluding hydrogens is 432 g/mol. The first-order valence-corrected chi connectivity index (χ1v) is 12.6. The predicted molar refractivity (Wildman–Crippen MR) is 136 cm³/mol. The Bertz CT molecular complexity index is 1240. The summed E-state index contributed by atoms with van der Waals surface area (Å²) in [6, 6.07) is 33.4. The summed E-state index contributed by atoms with van der Waals surface area (Å²) in [5.74, 6) is 1.12. The number of nitrogens with zero attached hydrogens (tertiary/aromatic N) is 5. The number of benzene rings is 3. The van der Waals surface area contributed by atoms with Crippen LogP contribution >= 0.6 is 0 Å². The first-order valence-electron chi connectivity index (χ1n) is 12.6. The lowest BCUT2D eigenvalue weighted by Crippen LogP contribution is -2.60. The van der Waals surface area contributed by atoms with Crippen LogP contribution in [0, 0.1) is 0 Å². The largest absolute Gasteiger partial charge is 0.308 e. The molecular formula is C29H32N6. The van der Waals surface area contributed by atoms with Gasteiger partial charge in [0.15, 0.2) is 5.82 Å². The molecule has 35 heavy (non-hydrogen) atoms. The smallest absolute Gasteiger partial charge is 0.179 e. The van der Waals surface area contributed by atoms with Crippen LogP contribution in [0.5, 0.6) is 0 Å². The number of hydrogen-bond donors (Lipinski definition) is 1. The van der Waals surface area contributed by atoms with Gasteiger partial charge in [-0.25, -0.2) is 0 Å². The molecule has 3 heterocycles. The van der Waals surface area contributed by atoms with Crippen LogP contribution in [0.4, 0.5) is 0 Å². The zero-order chi connectivity index (χ0) is 23.7. The fraction of sp³-hybridized carbons (Fsp3) is 0.345. The molecule has 6 nitrogen and oxygen atoms in total. The van der Waals surface area contributed by atoms with Crippen LogP contribution in [0.1, 0.15) is 47.7 Å². The van der Waals surface area contributed by atoms with Gasteiger partial charge in [0.05, 0.1) is 12.6 Å². The van der Waals surface area contributed by atoms with Crippen LogP contribution in [0.2, 0.25) is 0 Å². The molecule has 3 aromatic carbocycles. The Hall–Kier alpha value is -3.35. The summed E-state index contributed by atoms with van der Waals surface area (Å²) in [5, 5.41) is 17.4. The van der Waals surface area contributed by atoms with Crippen LogP contribution < -0.4 is 5.32 Å². The Morgan fingerprint density at radius 2 is 1.51 bits per heavy atom. The van der Waals surface area contributed by atoms with Gasteiger partial charge >= 0.3 is 0 Å². The van der Waals surface area contributed by atoms with Crippen molar-refractivity contribution in [2.45, 2.75) is 55.9 Å². The molecule has 1 N–H and O–H groups in total. The van der Waals surface area contributed by atoms with E-state index in [0.717, 1.165) is 38.2 Å². The van der Waals surface area contributed by atoms with E-state index >= 15 is 0 Å². The standard InChI is InChI=1S/C29H32N6/c1-34-32-28(31-33-34)25-19-29(24-15-9-4-10-16-24)27(30-20-22-11-5-2-6-12-22)18-17-26(25)35(29)21-23-13-7-3-8-14-23/h2-16,25-27,30H,17-21H2,1H3. The molecule has 2 aliphatic rings. The number of fused-ring (bicyclic) bond motifs is 2. The molecule has 2 bridgehead atoms. The summed E-state index contributed by atoms with van der Waals surface area (Å²) in [6.45, 7) is 1.76. The van der Waals surface area contributed by atoms with Crippen LogP contribution in [0.25, 0.3) is 0 Å². The Morgan fingerprint density at radius 1 is 0.857 bits per heavy atom. The molecule has 1 aromatic heterocycles. The highest BCUT2D eigenvalue weighted by atomic mass is 15.6. The second-order valence-corrected chi connectivity index (χ2v) is 9.92. The summed E-state index contributed by atoms with van der Waals surface area (Å²) >= 11 is 0. The van der Waals surface area contributed by atoms with Gasteiger partial charge in [0.1, 0.15) is 0 Å². The van der Waals surface area contributed by atoms with Gasteiger partial charge in [-0.1, -0.05) is 91.0 Å². The summed E-state index contributed by atoms with van der Waals surface area (Å²) in [7, 11) is 1.86. The maximum absolute atomic E-state index is 4.69. The molecule has 2 fully saturated rings. The number of aryl methyl sites for hydroxylation is 1. The lowest BCUT2D eigenvalue weighted by atomic mass is 9.76. The molecule has 2 aliphatic heterocycles. The maximum Gasteiger partial charge on any atom is 0.179 e. The SMILES string of the molecule is Cn1nnc(C2CC3(c4ccccc4)C(NCc4ccccc4)CCC2N3Cc2ccccc2)n1. The van der Waals surface area contributed by atoms with E-state index in [1.165, 1.54) is 16.7 Å². The van der Waals surface area contributed by atoms with Crippen LogP contribution in [0.3, 0.4) is 0 Å². The van der Waals surface area contributed by atoms with E-state index in [9.17, 15) is 0 Å². The van der Waals surface area contributed by atoms with Crippen molar-refractivity contribution in [3.05, 3.63) is 114 Å². The molecule has 0 spiro atoms. The number of tetrazole rings is 1. The number of aromatic nitrogens is 4. The molecule has 178 valence electrons. The van der Waals surface area contributed by atoms with Crippen LogP contribution in [-0.2, 0) is 25.7 Å². The van der Waals surface area contributed by atoms with E-state index in [1.807, 2.05) is 7.05 Å². The van der Waals surface area contributed by atoms with Crippen molar-refractivity contribution in [1.29, 1.82) is 0 Å². The van der Waals surface area contributed by atoms with Crippen molar-refractivity contribution < 1.29 is 0 Å². The molecule has 0 radical (unpaired) electrons. The minimum Gasteiger partial charge on any atom is -0.308 e. The number of nitrogens with one attached hydrogen (secondary N) is 1. The van der Waals surface area contributed by atoms with Crippen molar-refractivity contribution >= 4 is 0 Å². The van der Waals surface area contributed by atoms with Crippen molar-refractivity contribution in [3.8, 4) is 0 Å². The van der Waals surface area contributed by atoms with Gasteiger partial charge in [-0.2, -0.15) is 4.80 Å². The normalized spacial score (nSPS) is 26.1. The average Bonchev–Trinajstić information content (AvgIpc) is 3.42. The maximum atomic E-state index is 4.69. The van der Waals surface area contributed by atoms with Crippen molar-refractivity contribution in [1.82, 2.24) is 30.4 Å². The molecule has 4 unspecified atom stereocenters. The van der Waals surface area contributed by atoms with Gasteiger partial charge < -0.3 is 5.32 Å². The first-order chi connectivity index (χ1) is 17.2. The topological polar surface area (TPSA) is 58.9 Å². The molecule has 0 saturated carbocycles. The Labute approximate surface area is 207 Å². The molecule has 6 heteroatoms. The fourth-order valence-electron chi connectivity index (χ4n) is 6.45. The fourth-order valence-corrected chi connectivity index (χ4v) is 6.45. The van der Waals surface area contributed by atoms with Crippen molar-refractivity contribution in [3.63, 3.8) is 0 Å². The van der Waals surface area contributed by atoms with Gasteiger partial charge in [-0.15, -0.1) is 10.2 Å². The van der Waals surface area contributed by atoms with Gasteiger partial charge in [-0.3, -0.25) is 4.90 Å². The second-order valence-electron chi connectivity index (χ2n) is 9.92. The molecule has 6 rings (SSSR count). The van der Waals surface area contributed by atoms with Crippen molar-refractivity contribution in [2.24, 2.45) is 7.05 Å². The third kappa shape index (κ3) is 4.07. The molecule has 0 aliphatic carbocycles. The van der Waals surface area contributed by atoms with Gasteiger partial charge in [0.2, 0.25) is 0 Å². The zero-order valence-corrected chi connectivity index (χ0v) is 20.2. The van der Waals surface area contributed by atoms with E-state index < -0.39 is 0 Å². The monoisotopic (exact) mass is 464 g/mol. The highest BCUT2D eigenvalue weighted by Gasteiger charge is 2.60. The van der Waals surface area contributed by atoms with Gasteiger partial charge in [0.25, 0.3) is 0 Å². The molecule has 0 amide bonds. The zero-order valence-electron chi connectivity index (χ0n) is 20.2. The molecule has 2 saturated heterocycles. The summed E-state index contributed by atoms with van der Waals surface area (Å²) in [5.41, 5.74) is 3.88. The lowest BCUT2D eigenvalue weighted by molar-refractivity contribution is 0.00973. The first kappa shape index (κ1) is 22.1. The highest BCUT2D eigenvalue weighted by Crippen LogP contribution is 2.56. The third-order valence-electron chi connectivity index (χ3n) is 7.96. The third-order valence-corrected chi connectivity index (χ3v) is 7.96. The quantitative estimate of drug-likeness (QED) is 0.439. The van der Waals surface area contributed by atoms with E-state index in [1.54, 1.807) is 4.80 Å². The van der Waals surface area contributed by atoms with Gasteiger partial charge in [-0.05, 0) is 41.2 Å². The van der Waals surface area contributed by atoms with E-state index in [-0.39, 0.29) is 11.5 Å².